The molecule has 0 aliphatic carbocycles. The second-order valence-corrected chi connectivity index (χ2v) is 4.83. The molecule has 1 aromatic heterocycles. The zero-order valence-corrected chi connectivity index (χ0v) is 13.3. The van der Waals surface area contributed by atoms with Crippen molar-refractivity contribution in [2.45, 2.75) is 33.4 Å². The van der Waals surface area contributed by atoms with Crippen LogP contribution in [0.1, 0.15) is 26.6 Å². The monoisotopic (exact) mass is 296 g/mol. The fourth-order valence-corrected chi connectivity index (χ4v) is 1.74. The summed E-state index contributed by atoms with van der Waals surface area (Å²) in [4.78, 5) is 20.5. The van der Waals surface area contributed by atoms with E-state index < -0.39 is 6.04 Å². The highest BCUT2D eigenvalue weighted by atomic mass is 16.5. The molecule has 0 aliphatic heterocycles. The van der Waals surface area contributed by atoms with Gasteiger partial charge in [0.05, 0.1) is 7.11 Å². The maximum Gasteiger partial charge on any atom is 0.328 e. The third kappa shape index (κ3) is 5.18. The lowest BCUT2D eigenvalue weighted by Gasteiger charge is -2.21. The maximum atomic E-state index is 11.8. The van der Waals surface area contributed by atoms with E-state index in [2.05, 4.69) is 20.6 Å². The molecule has 0 saturated carbocycles. The van der Waals surface area contributed by atoms with Crippen molar-refractivity contribution >= 4 is 17.6 Å². The number of nitrogens with zero attached hydrogens (tertiary/aromatic N) is 2. The first-order chi connectivity index (χ1) is 10.0. The van der Waals surface area contributed by atoms with Crippen LogP contribution in [0.2, 0.25) is 0 Å². The summed E-state index contributed by atoms with van der Waals surface area (Å²) in [6, 6.07) is 1.28. The van der Waals surface area contributed by atoms with Crippen LogP contribution in [0.25, 0.3) is 0 Å². The van der Waals surface area contributed by atoms with E-state index >= 15 is 0 Å². The van der Waals surface area contributed by atoms with Gasteiger partial charge in [-0.2, -0.15) is 0 Å². The number of nitrogens with one attached hydrogen (secondary N) is 2. The number of esters is 1. The minimum atomic E-state index is -0.463. The SMILES string of the molecule is CCOCc1nc(NC)cc(NC(C(=O)OC)C(C)C)n1. The number of carbonyl (C=O) groups excluding carboxylic acids is 1. The van der Waals surface area contributed by atoms with Gasteiger partial charge in [-0.05, 0) is 12.8 Å². The first kappa shape index (κ1) is 17.2. The number of methoxy groups -OCH3 is 1. The number of anilines is 2. The van der Waals surface area contributed by atoms with Gasteiger partial charge < -0.3 is 20.1 Å². The molecule has 1 aromatic rings. The summed E-state index contributed by atoms with van der Waals surface area (Å²) >= 11 is 0. The van der Waals surface area contributed by atoms with E-state index in [0.717, 1.165) is 0 Å². The normalized spacial score (nSPS) is 12.1. The van der Waals surface area contributed by atoms with Gasteiger partial charge in [0.2, 0.25) is 0 Å². The van der Waals surface area contributed by atoms with Crippen molar-refractivity contribution in [1.82, 2.24) is 9.97 Å². The molecule has 7 nitrogen and oxygen atoms in total. The summed E-state index contributed by atoms with van der Waals surface area (Å²) in [5, 5.41) is 6.07. The molecular formula is C14H24N4O3. The Hall–Kier alpha value is -1.89. The molecule has 21 heavy (non-hydrogen) atoms. The quantitative estimate of drug-likeness (QED) is 0.706. The molecule has 118 valence electrons. The van der Waals surface area contributed by atoms with Gasteiger partial charge in [0.15, 0.2) is 5.82 Å². The van der Waals surface area contributed by atoms with E-state index in [4.69, 9.17) is 9.47 Å². The second kappa shape index (κ2) is 8.41. The molecule has 1 atom stereocenters. The fraction of sp³-hybridized carbons (Fsp3) is 0.643. The Balaban J connectivity index is 2.96. The molecule has 7 heteroatoms. The van der Waals surface area contributed by atoms with Crippen LogP contribution in [0.15, 0.2) is 6.07 Å². The van der Waals surface area contributed by atoms with Gasteiger partial charge in [0.1, 0.15) is 24.3 Å². The first-order valence-corrected chi connectivity index (χ1v) is 6.99. The summed E-state index contributed by atoms with van der Waals surface area (Å²) in [5.41, 5.74) is 0. The smallest absolute Gasteiger partial charge is 0.328 e. The molecule has 0 aliphatic rings. The zero-order chi connectivity index (χ0) is 15.8. The molecule has 0 aromatic carbocycles. The molecule has 0 bridgehead atoms. The molecule has 1 rings (SSSR count). The van der Waals surface area contributed by atoms with E-state index in [-0.39, 0.29) is 11.9 Å². The van der Waals surface area contributed by atoms with E-state index in [1.807, 2.05) is 20.8 Å². The molecule has 1 unspecified atom stereocenters. The highest BCUT2D eigenvalue weighted by Gasteiger charge is 2.23. The standard InChI is InChI=1S/C14H24N4O3/c1-6-21-8-12-16-10(15-4)7-11(17-12)18-13(9(2)3)14(19)20-5/h7,9,13H,6,8H2,1-5H3,(H2,15,16,17,18). The van der Waals surface area contributed by atoms with Gasteiger partial charge in [-0.15, -0.1) is 0 Å². The van der Waals surface area contributed by atoms with Crippen molar-refractivity contribution in [1.29, 1.82) is 0 Å². The summed E-state index contributed by atoms with van der Waals surface area (Å²) in [6.07, 6.45) is 0. The van der Waals surface area contributed by atoms with E-state index in [0.29, 0.717) is 30.7 Å². The molecule has 0 saturated heterocycles. The Kier molecular flexibility index (Phi) is 6.87. The summed E-state index contributed by atoms with van der Waals surface area (Å²) in [5.74, 6) is 1.53. The van der Waals surface area contributed by atoms with Gasteiger partial charge in [-0.1, -0.05) is 13.8 Å². The van der Waals surface area contributed by atoms with Crippen molar-refractivity contribution in [3.8, 4) is 0 Å². The lowest BCUT2D eigenvalue weighted by atomic mass is 10.0. The highest BCUT2D eigenvalue weighted by molar-refractivity contribution is 5.79. The average molecular weight is 296 g/mol. The van der Waals surface area contributed by atoms with Gasteiger partial charge in [0.25, 0.3) is 0 Å². The maximum absolute atomic E-state index is 11.8. The molecule has 0 spiro atoms. The minimum Gasteiger partial charge on any atom is -0.467 e. The van der Waals surface area contributed by atoms with Crippen LogP contribution >= 0.6 is 0 Å². The Labute approximate surface area is 125 Å². The molecular weight excluding hydrogens is 272 g/mol. The van der Waals surface area contributed by atoms with E-state index in [1.165, 1.54) is 7.11 Å². The average Bonchev–Trinajstić information content (AvgIpc) is 2.49. The summed E-state index contributed by atoms with van der Waals surface area (Å²) in [6.45, 7) is 6.71. The number of hydrogen-bond donors (Lipinski definition) is 2. The van der Waals surface area contributed by atoms with Crippen molar-refractivity contribution in [2.24, 2.45) is 5.92 Å². The molecule has 1 heterocycles. The number of hydrogen-bond acceptors (Lipinski definition) is 7. The van der Waals surface area contributed by atoms with Crippen LogP contribution < -0.4 is 10.6 Å². The predicted molar refractivity (Wildman–Crippen MR) is 81.2 cm³/mol. The van der Waals surface area contributed by atoms with Crippen molar-refractivity contribution < 1.29 is 14.3 Å². The number of rotatable bonds is 8. The third-order valence-electron chi connectivity index (χ3n) is 2.89. The highest BCUT2D eigenvalue weighted by Crippen LogP contribution is 2.16. The predicted octanol–water partition coefficient (Wildman–Crippen LogP) is 1.66. The Morgan fingerprint density at radius 1 is 1.33 bits per heavy atom. The third-order valence-corrected chi connectivity index (χ3v) is 2.89. The molecule has 0 fully saturated rings. The van der Waals surface area contributed by atoms with Crippen LogP contribution in [-0.4, -0.2) is 42.7 Å². The Morgan fingerprint density at radius 3 is 2.52 bits per heavy atom. The van der Waals surface area contributed by atoms with Gasteiger partial charge in [-0.25, -0.2) is 14.8 Å². The lowest BCUT2D eigenvalue weighted by Crippen LogP contribution is -2.35. The van der Waals surface area contributed by atoms with Crippen LogP contribution in [0, 0.1) is 5.92 Å². The van der Waals surface area contributed by atoms with Crippen LogP contribution in [0.5, 0.6) is 0 Å². The number of carbonyl (C=O) groups is 1. The van der Waals surface area contributed by atoms with Crippen LogP contribution in [-0.2, 0) is 20.9 Å². The Morgan fingerprint density at radius 2 is 2.00 bits per heavy atom. The zero-order valence-electron chi connectivity index (χ0n) is 13.3. The Bertz CT molecular complexity index is 466. The molecule has 0 amide bonds. The van der Waals surface area contributed by atoms with Crippen LogP contribution in [0.3, 0.4) is 0 Å². The largest absolute Gasteiger partial charge is 0.467 e. The van der Waals surface area contributed by atoms with Crippen LogP contribution in [0.4, 0.5) is 11.6 Å². The lowest BCUT2D eigenvalue weighted by molar-refractivity contribution is -0.142. The van der Waals surface area contributed by atoms with E-state index in [9.17, 15) is 4.79 Å². The van der Waals surface area contributed by atoms with Gasteiger partial charge >= 0.3 is 5.97 Å². The number of ether oxygens (including phenoxy) is 2. The summed E-state index contributed by atoms with van der Waals surface area (Å²) in [7, 11) is 3.15. The first-order valence-electron chi connectivity index (χ1n) is 6.99. The minimum absolute atomic E-state index is 0.0702. The fourth-order valence-electron chi connectivity index (χ4n) is 1.74. The second-order valence-electron chi connectivity index (χ2n) is 4.83. The van der Waals surface area contributed by atoms with E-state index in [1.54, 1.807) is 13.1 Å². The number of aromatic nitrogens is 2. The van der Waals surface area contributed by atoms with Crippen molar-refractivity contribution in [2.75, 3.05) is 31.4 Å². The van der Waals surface area contributed by atoms with Gasteiger partial charge in [0, 0.05) is 19.7 Å². The van der Waals surface area contributed by atoms with Gasteiger partial charge in [-0.3, -0.25) is 0 Å². The molecule has 0 radical (unpaired) electrons. The van der Waals surface area contributed by atoms with Crippen molar-refractivity contribution in [3.05, 3.63) is 11.9 Å². The summed E-state index contributed by atoms with van der Waals surface area (Å²) < 4.78 is 10.1. The topological polar surface area (TPSA) is 85.4 Å². The van der Waals surface area contributed by atoms with Crippen molar-refractivity contribution in [3.63, 3.8) is 0 Å². The molecule has 2 N–H and O–H groups in total.